The molecule has 4 aromatic heterocycles. The number of hydrogen-bond donors (Lipinski definition) is 2. The summed E-state index contributed by atoms with van der Waals surface area (Å²) in [6.07, 6.45) is 5.18. The van der Waals surface area contributed by atoms with Crippen molar-refractivity contribution in [3.63, 3.8) is 0 Å². The normalized spacial score (nSPS) is 15.2. The Morgan fingerprint density at radius 2 is 2.11 bits per heavy atom. The molecule has 1 atom stereocenters. The maximum Gasteiger partial charge on any atom is 0.341 e. The van der Waals surface area contributed by atoms with Crippen LogP contribution in [0.4, 0.5) is 4.39 Å². The Bertz CT molecular complexity index is 1380. The second-order valence-corrected chi connectivity index (χ2v) is 8.58. The van der Waals surface area contributed by atoms with Gasteiger partial charge in [-0.25, -0.2) is 18.4 Å². The molecule has 0 aliphatic carbocycles. The lowest BCUT2D eigenvalue weighted by Gasteiger charge is -2.23. The lowest BCUT2D eigenvalue weighted by Crippen LogP contribution is -2.30. The Labute approximate surface area is 205 Å². The van der Waals surface area contributed by atoms with Crippen LogP contribution in [-0.2, 0) is 4.74 Å². The molecule has 11 nitrogen and oxygen atoms in total. The van der Waals surface area contributed by atoms with Crippen molar-refractivity contribution in [1.29, 1.82) is 0 Å². The number of carbonyl (C=O) groups is 1. The summed E-state index contributed by atoms with van der Waals surface area (Å²) in [5.41, 5.74) is 3.09. The van der Waals surface area contributed by atoms with E-state index >= 15 is 0 Å². The van der Waals surface area contributed by atoms with Gasteiger partial charge in [-0.15, -0.1) is 5.10 Å². The molecular weight excluding hydrogens is 469 g/mol. The second-order valence-electron chi connectivity index (χ2n) is 8.58. The third kappa shape index (κ3) is 4.40. The largest absolute Gasteiger partial charge is 0.479 e. The van der Waals surface area contributed by atoms with E-state index in [-0.39, 0.29) is 17.4 Å². The Morgan fingerprint density at radius 1 is 1.31 bits per heavy atom. The summed E-state index contributed by atoms with van der Waals surface area (Å²) >= 11 is 0. The molecule has 0 bridgehead atoms. The summed E-state index contributed by atoms with van der Waals surface area (Å²) in [4.78, 5) is 16.5. The van der Waals surface area contributed by atoms with E-state index < -0.39 is 24.5 Å². The minimum atomic E-state index is -0.920. The lowest BCUT2D eigenvalue weighted by atomic mass is 10.1. The Morgan fingerprint density at radius 3 is 2.81 bits per heavy atom. The summed E-state index contributed by atoms with van der Waals surface area (Å²) in [5, 5.41) is 26.6. The summed E-state index contributed by atoms with van der Waals surface area (Å²) in [6, 6.07) is 4.65. The molecule has 1 saturated heterocycles. The van der Waals surface area contributed by atoms with E-state index in [1.807, 2.05) is 11.6 Å². The number of ether oxygens (including phenoxy) is 2. The van der Waals surface area contributed by atoms with Gasteiger partial charge < -0.3 is 19.9 Å². The Balaban J connectivity index is 1.60. The molecule has 2 N–H and O–H groups in total. The lowest BCUT2D eigenvalue weighted by molar-refractivity contribution is 0.0602. The molecule has 0 radical (unpaired) electrons. The Kier molecular flexibility index (Phi) is 6.61. The average Bonchev–Trinajstić information content (AvgIpc) is 3.51. The van der Waals surface area contributed by atoms with Crippen LogP contribution in [-0.4, -0.2) is 67.5 Å². The third-order valence-electron chi connectivity index (χ3n) is 6.35. The summed E-state index contributed by atoms with van der Waals surface area (Å²) in [5.74, 6) is -0.835. The smallest absolute Gasteiger partial charge is 0.341 e. The number of halogens is 1. The van der Waals surface area contributed by atoms with Crippen LogP contribution in [0.2, 0.25) is 0 Å². The van der Waals surface area contributed by atoms with Crippen molar-refractivity contribution in [2.75, 3.05) is 26.8 Å². The molecule has 5 heterocycles. The van der Waals surface area contributed by atoms with Gasteiger partial charge in [0, 0.05) is 11.8 Å². The van der Waals surface area contributed by atoms with Gasteiger partial charge in [0.1, 0.15) is 28.3 Å². The first-order chi connectivity index (χ1) is 17.5. The number of nitrogens with zero attached hydrogens (tertiary/aromatic N) is 6. The van der Waals surface area contributed by atoms with Gasteiger partial charge in [0.25, 0.3) is 0 Å². The molecule has 5 rings (SSSR count). The number of aromatic nitrogens is 6. The summed E-state index contributed by atoms with van der Waals surface area (Å²) < 4.78 is 27.9. The molecule has 0 unspecified atom stereocenters. The molecule has 0 saturated carbocycles. The van der Waals surface area contributed by atoms with Crippen LogP contribution in [0, 0.1) is 12.7 Å². The molecular formula is C24H26FN7O4. The van der Waals surface area contributed by atoms with Crippen molar-refractivity contribution in [1.82, 2.24) is 34.9 Å². The zero-order chi connectivity index (χ0) is 25.2. The highest BCUT2D eigenvalue weighted by molar-refractivity contribution is 5.99. The molecule has 1 aliphatic rings. The number of rotatable bonds is 7. The van der Waals surface area contributed by atoms with E-state index in [1.54, 1.807) is 12.3 Å². The molecule has 1 fully saturated rings. The van der Waals surface area contributed by atoms with Crippen molar-refractivity contribution < 1.29 is 23.8 Å². The van der Waals surface area contributed by atoms with Crippen molar-refractivity contribution in [2.24, 2.45) is 0 Å². The monoisotopic (exact) mass is 495 g/mol. The van der Waals surface area contributed by atoms with Crippen LogP contribution in [0.1, 0.15) is 46.7 Å². The molecule has 4 aromatic rings. The molecule has 0 amide bonds. The summed E-state index contributed by atoms with van der Waals surface area (Å²) in [6.45, 7) is 3.38. The number of esters is 1. The number of hydrogen-bond acceptors (Lipinski definition) is 9. The third-order valence-corrected chi connectivity index (χ3v) is 6.35. The van der Waals surface area contributed by atoms with Gasteiger partial charge in [-0.1, -0.05) is 5.21 Å². The number of aliphatic hydroxyl groups is 1. The van der Waals surface area contributed by atoms with Crippen molar-refractivity contribution >= 4 is 11.5 Å². The SMILES string of the molecule is COC(=O)c1cnn2cc(-c3nnn(C4CCNCC4)c3C)cc(O[C@H](CO)c3ccc(F)cn3)c12. The first-order valence-electron chi connectivity index (χ1n) is 11.6. The van der Waals surface area contributed by atoms with Gasteiger partial charge in [0.2, 0.25) is 0 Å². The summed E-state index contributed by atoms with van der Waals surface area (Å²) in [7, 11) is 1.28. The zero-order valence-corrected chi connectivity index (χ0v) is 19.9. The second kappa shape index (κ2) is 9.99. The molecule has 12 heteroatoms. The number of fused-ring (bicyclic) bond motifs is 1. The Hall–Kier alpha value is -3.90. The van der Waals surface area contributed by atoms with Gasteiger partial charge >= 0.3 is 5.97 Å². The highest BCUT2D eigenvalue weighted by Gasteiger charge is 2.25. The number of aliphatic hydroxyl groups excluding tert-OH is 1. The minimum absolute atomic E-state index is 0.192. The van der Waals surface area contributed by atoms with Gasteiger partial charge in [0.05, 0.1) is 43.5 Å². The molecule has 188 valence electrons. The van der Waals surface area contributed by atoms with Gasteiger partial charge in [-0.05, 0) is 51.1 Å². The standard InChI is InChI=1S/C24H26FN7O4/c1-14-22(29-30-32(14)17-5-7-26-8-6-17)15-9-20(23-18(24(34)35-2)11-28-31(23)12-15)36-21(13-33)19-4-3-16(25)10-27-19/h3-4,9-12,17,21,26,33H,5-8,13H2,1-2H3/t21-/m1/s1. The number of carbonyl (C=O) groups excluding carboxylic acids is 1. The van der Waals surface area contributed by atoms with Crippen molar-refractivity contribution in [3.8, 4) is 17.0 Å². The van der Waals surface area contributed by atoms with E-state index in [9.17, 15) is 14.3 Å². The predicted octanol–water partition coefficient (Wildman–Crippen LogP) is 2.26. The van der Waals surface area contributed by atoms with Gasteiger partial charge in [0.15, 0.2) is 6.10 Å². The van der Waals surface area contributed by atoms with Crippen LogP contribution in [0.5, 0.6) is 5.75 Å². The first-order valence-corrected chi connectivity index (χ1v) is 11.6. The topological polar surface area (TPSA) is 129 Å². The molecule has 0 aromatic carbocycles. The zero-order valence-electron chi connectivity index (χ0n) is 19.9. The van der Waals surface area contributed by atoms with Crippen LogP contribution < -0.4 is 10.1 Å². The van der Waals surface area contributed by atoms with Gasteiger partial charge in [-0.2, -0.15) is 5.10 Å². The van der Waals surface area contributed by atoms with Crippen LogP contribution in [0.25, 0.3) is 16.8 Å². The van der Waals surface area contributed by atoms with E-state index in [4.69, 9.17) is 9.47 Å². The maximum absolute atomic E-state index is 13.4. The number of pyridine rings is 2. The minimum Gasteiger partial charge on any atom is -0.479 e. The average molecular weight is 496 g/mol. The van der Waals surface area contributed by atoms with E-state index in [2.05, 4.69) is 25.7 Å². The van der Waals surface area contributed by atoms with Gasteiger partial charge in [-0.3, -0.25) is 4.98 Å². The quantitative estimate of drug-likeness (QED) is 0.371. The van der Waals surface area contributed by atoms with E-state index in [0.29, 0.717) is 22.5 Å². The maximum atomic E-state index is 13.4. The highest BCUT2D eigenvalue weighted by Crippen LogP contribution is 2.34. The highest BCUT2D eigenvalue weighted by atomic mass is 19.1. The molecule has 1 aliphatic heterocycles. The van der Waals surface area contributed by atoms with Crippen LogP contribution in [0.15, 0.2) is 36.8 Å². The van der Waals surface area contributed by atoms with Crippen LogP contribution >= 0.6 is 0 Å². The first kappa shape index (κ1) is 23.8. The predicted molar refractivity (Wildman–Crippen MR) is 126 cm³/mol. The number of methoxy groups -OCH3 is 1. The number of nitrogens with one attached hydrogen (secondary N) is 1. The van der Waals surface area contributed by atoms with Crippen molar-refractivity contribution in [2.45, 2.75) is 31.9 Å². The van der Waals surface area contributed by atoms with E-state index in [1.165, 1.54) is 30.0 Å². The number of piperidine rings is 1. The van der Waals surface area contributed by atoms with E-state index in [0.717, 1.165) is 37.8 Å². The fraction of sp³-hybridized carbons (Fsp3) is 0.375. The molecule has 36 heavy (non-hydrogen) atoms. The van der Waals surface area contributed by atoms with Crippen LogP contribution in [0.3, 0.4) is 0 Å². The fourth-order valence-electron chi connectivity index (χ4n) is 4.49. The fourth-order valence-corrected chi connectivity index (χ4v) is 4.49. The van der Waals surface area contributed by atoms with Crippen molar-refractivity contribution in [3.05, 3.63) is 59.6 Å². The molecule has 0 spiro atoms.